The van der Waals surface area contributed by atoms with Crippen LogP contribution in [0, 0.1) is 5.82 Å². The Bertz CT molecular complexity index is 337. The molecule has 0 bridgehead atoms. The number of thioether (sulfide) groups is 1. The van der Waals surface area contributed by atoms with Gasteiger partial charge >= 0.3 is 0 Å². The van der Waals surface area contributed by atoms with Crippen LogP contribution in [0.3, 0.4) is 0 Å². The van der Waals surface area contributed by atoms with E-state index >= 15 is 0 Å². The molecule has 16 heavy (non-hydrogen) atoms. The zero-order valence-corrected chi connectivity index (χ0v) is 10.3. The first-order valence-corrected chi connectivity index (χ1v) is 6.35. The van der Waals surface area contributed by atoms with Gasteiger partial charge in [0.25, 0.3) is 0 Å². The number of nitrogens with one attached hydrogen (secondary N) is 1. The van der Waals surface area contributed by atoms with E-state index < -0.39 is 0 Å². The van der Waals surface area contributed by atoms with E-state index in [2.05, 4.69) is 5.32 Å². The quantitative estimate of drug-likeness (QED) is 0.858. The van der Waals surface area contributed by atoms with Crippen LogP contribution in [-0.2, 0) is 10.5 Å². The molecule has 2 nitrogen and oxygen atoms in total. The molecule has 0 aliphatic carbocycles. The number of halogens is 1. The molecule has 1 amide bonds. The molecular weight excluding hydrogens is 225 g/mol. The van der Waals surface area contributed by atoms with Gasteiger partial charge in [0.1, 0.15) is 5.82 Å². The van der Waals surface area contributed by atoms with Crippen molar-refractivity contribution in [2.75, 3.05) is 5.75 Å². The lowest BCUT2D eigenvalue weighted by Crippen LogP contribution is -2.31. The molecule has 0 spiro atoms. The molecule has 1 aromatic carbocycles. The Kier molecular flexibility index (Phi) is 5.32. The van der Waals surface area contributed by atoms with Crippen molar-refractivity contribution in [3.63, 3.8) is 0 Å². The molecule has 0 aliphatic heterocycles. The first-order valence-electron chi connectivity index (χ1n) is 5.19. The lowest BCUT2D eigenvalue weighted by molar-refractivity contribution is -0.119. The highest BCUT2D eigenvalue weighted by Gasteiger charge is 2.03. The summed E-state index contributed by atoms with van der Waals surface area (Å²) in [6, 6.07) is 6.53. The van der Waals surface area contributed by atoms with Gasteiger partial charge in [-0.3, -0.25) is 4.79 Å². The molecule has 0 heterocycles. The summed E-state index contributed by atoms with van der Waals surface area (Å²) >= 11 is 1.53. The van der Waals surface area contributed by atoms with Crippen LogP contribution in [0.2, 0.25) is 0 Å². The van der Waals surface area contributed by atoms with Crippen LogP contribution >= 0.6 is 11.8 Å². The largest absolute Gasteiger partial charge is 0.353 e. The van der Waals surface area contributed by atoms with Crippen molar-refractivity contribution < 1.29 is 9.18 Å². The Labute approximate surface area is 99.6 Å². The molecule has 88 valence electrons. The van der Waals surface area contributed by atoms with E-state index in [0.29, 0.717) is 5.75 Å². The standard InChI is InChI=1S/C12H16FNOS/c1-9(2)14-12(15)8-16-7-10-3-5-11(13)6-4-10/h3-6,9H,7-8H2,1-2H3,(H,14,15). The van der Waals surface area contributed by atoms with E-state index in [1.54, 1.807) is 12.1 Å². The molecule has 1 rings (SSSR count). The van der Waals surface area contributed by atoms with Crippen molar-refractivity contribution in [3.8, 4) is 0 Å². The fraction of sp³-hybridized carbons (Fsp3) is 0.417. The summed E-state index contributed by atoms with van der Waals surface area (Å²) in [5.41, 5.74) is 1.03. The van der Waals surface area contributed by atoms with Gasteiger partial charge < -0.3 is 5.32 Å². The normalized spacial score (nSPS) is 10.5. The predicted octanol–water partition coefficient (Wildman–Crippen LogP) is 2.58. The zero-order chi connectivity index (χ0) is 12.0. The minimum Gasteiger partial charge on any atom is -0.353 e. The highest BCUT2D eigenvalue weighted by atomic mass is 32.2. The summed E-state index contributed by atoms with van der Waals surface area (Å²) in [5, 5.41) is 2.82. The number of carbonyl (C=O) groups excluding carboxylic acids is 1. The van der Waals surface area contributed by atoms with Gasteiger partial charge in [-0.25, -0.2) is 4.39 Å². The van der Waals surface area contributed by atoms with Crippen molar-refractivity contribution in [2.24, 2.45) is 0 Å². The summed E-state index contributed by atoms with van der Waals surface area (Å²) in [4.78, 5) is 11.3. The molecule has 0 saturated carbocycles. The Morgan fingerprint density at radius 1 is 1.38 bits per heavy atom. The fourth-order valence-electron chi connectivity index (χ4n) is 1.21. The average Bonchev–Trinajstić information content (AvgIpc) is 2.20. The highest BCUT2D eigenvalue weighted by molar-refractivity contribution is 7.99. The molecule has 4 heteroatoms. The van der Waals surface area contributed by atoms with Crippen LogP contribution in [0.5, 0.6) is 0 Å². The molecule has 0 radical (unpaired) electrons. The van der Waals surface area contributed by atoms with Crippen LogP contribution in [0.4, 0.5) is 4.39 Å². The molecule has 0 unspecified atom stereocenters. The van der Waals surface area contributed by atoms with Crippen LogP contribution in [0.1, 0.15) is 19.4 Å². The second kappa shape index (κ2) is 6.53. The molecule has 0 aliphatic rings. The average molecular weight is 241 g/mol. The van der Waals surface area contributed by atoms with Gasteiger partial charge in [0, 0.05) is 11.8 Å². The lowest BCUT2D eigenvalue weighted by Gasteiger charge is -2.07. The van der Waals surface area contributed by atoms with Crippen molar-refractivity contribution in [1.29, 1.82) is 0 Å². The van der Waals surface area contributed by atoms with Gasteiger partial charge in [-0.1, -0.05) is 12.1 Å². The minimum absolute atomic E-state index is 0.0436. The third kappa shape index (κ3) is 5.16. The number of benzene rings is 1. The second-order valence-corrected chi connectivity index (χ2v) is 4.83. The predicted molar refractivity (Wildman–Crippen MR) is 65.8 cm³/mol. The second-order valence-electron chi connectivity index (χ2n) is 3.84. The molecule has 1 N–H and O–H groups in total. The topological polar surface area (TPSA) is 29.1 Å². The Morgan fingerprint density at radius 3 is 2.56 bits per heavy atom. The number of hydrogen-bond acceptors (Lipinski definition) is 2. The van der Waals surface area contributed by atoms with Gasteiger partial charge in [-0.2, -0.15) is 0 Å². The van der Waals surface area contributed by atoms with E-state index in [-0.39, 0.29) is 17.8 Å². The third-order valence-electron chi connectivity index (χ3n) is 1.86. The van der Waals surface area contributed by atoms with Crippen molar-refractivity contribution in [2.45, 2.75) is 25.6 Å². The number of rotatable bonds is 5. The van der Waals surface area contributed by atoms with Crippen molar-refractivity contribution in [3.05, 3.63) is 35.6 Å². The van der Waals surface area contributed by atoms with Gasteiger partial charge in [0.2, 0.25) is 5.91 Å². The van der Waals surface area contributed by atoms with Crippen LogP contribution in [-0.4, -0.2) is 17.7 Å². The monoisotopic (exact) mass is 241 g/mol. The van der Waals surface area contributed by atoms with Crippen LogP contribution < -0.4 is 5.32 Å². The SMILES string of the molecule is CC(C)NC(=O)CSCc1ccc(F)cc1. The maximum absolute atomic E-state index is 12.6. The Balaban J connectivity index is 2.25. The molecule has 0 fully saturated rings. The molecule has 0 aromatic heterocycles. The van der Waals surface area contributed by atoms with Crippen molar-refractivity contribution in [1.82, 2.24) is 5.32 Å². The maximum atomic E-state index is 12.6. The zero-order valence-electron chi connectivity index (χ0n) is 9.50. The smallest absolute Gasteiger partial charge is 0.230 e. The number of carbonyl (C=O) groups is 1. The van der Waals surface area contributed by atoms with Gasteiger partial charge in [-0.15, -0.1) is 11.8 Å². The highest BCUT2D eigenvalue weighted by Crippen LogP contribution is 2.12. The first kappa shape index (κ1) is 13.0. The lowest BCUT2D eigenvalue weighted by atomic mass is 10.2. The van der Waals surface area contributed by atoms with Crippen LogP contribution in [0.15, 0.2) is 24.3 Å². The summed E-state index contributed by atoms with van der Waals surface area (Å²) in [6.45, 7) is 3.87. The number of amides is 1. The third-order valence-corrected chi connectivity index (χ3v) is 2.87. The number of hydrogen-bond donors (Lipinski definition) is 1. The molecular formula is C12H16FNOS. The summed E-state index contributed by atoms with van der Waals surface area (Å²) in [6.07, 6.45) is 0. The Morgan fingerprint density at radius 2 is 2.00 bits per heavy atom. The molecule has 1 aromatic rings. The van der Waals surface area contributed by atoms with Gasteiger partial charge in [0.05, 0.1) is 5.75 Å². The molecule has 0 atom stereocenters. The minimum atomic E-state index is -0.230. The Hall–Kier alpha value is -1.03. The van der Waals surface area contributed by atoms with E-state index in [1.165, 1.54) is 23.9 Å². The maximum Gasteiger partial charge on any atom is 0.230 e. The molecule has 0 saturated heterocycles. The van der Waals surface area contributed by atoms with E-state index in [0.717, 1.165) is 11.3 Å². The summed E-state index contributed by atoms with van der Waals surface area (Å²) in [7, 11) is 0. The fourth-order valence-corrected chi connectivity index (χ4v) is 2.00. The van der Waals surface area contributed by atoms with Gasteiger partial charge in [-0.05, 0) is 31.5 Å². The van der Waals surface area contributed by atoms with E-state index in [4.69, 9.17) is 0 Å². The van der Waals surface area contributed by atoms with E-state index in [1.807, 2.05) is 13.8 Å². The summed E-state index contributed by atoms with van der Waals surface area (Å²) < 4.78 is 12.6. The van der Waals surface area contributed by atoms with Crippen molar-refractivity contribution >= 4 is 17.7 Å². The van der Waals surface area contributed by atoms with E-state index in [9.17, 15) is 9.18 Å². The first-order chi connectivity index (χ1) is 7.58. The van der Waals surface area contributed by atoms with Gasteiger partial charge in [0.15, 0.2) is 0 Å². The van der Waals surface area contributed by atoms with Crippen LogP contribution in [0.25, 0.3) is 0 Å². The summed E-state index contributed by atoms with van der Waals surface area (Å²) in [5.74, 6) is 0.981.